The van der Waals surface area contributed by atoms with E-state index in [0.29, 0.717) is 25.2 Å². The summed E-state index contributed by atoms with van der Waals surface area (Å²) in [4.78, 5) is 24.0. The molecule has 2 rings (SSSR count). The fourth-order valence-electron chi connectivity index (χ4n) is 2.37. The molecule has 6 nitrogen and oxygen atoms in total. The SMILES string of the molecule is COC(=O)[C@H](Cc1cccc(C#N)c1)NC(=O)[C@@H]1CCOC1. The number of carbonyl (C=O) groups is 2. The van der Waals surface area contributed by atoms with Crippen molar-refractivity contribution in [1.29, 1.82) is 5.26 Å². The number of hydrogen-bond donors (Lipinski definition) is 1. The number of ether oxygens (including phenoxy) is 2. The van der Waals surface area contributed by atoms with Crippen molar-refractivity contribution in [3.8, 4) is 6.07 Å². The Morgan fingerprint density at radius 3 is 3.00 bits per heavy atom. The van der Waals surface area contributed by atoms with Crippen LogP contribution < -0.4 is 5.32 Å². The first-order valence-electron chi connectivity index (χ1n) is 7.09. The number of esters is 1. The van der Waals surface area contributed by atoms with E-state index in [2.05, 4.69) is 5.32 Å². The third-order valence-electron chi connectivity index (χ3n) is 3.60. The number of methoxy groups -OCH3 is 1. The largest absolute Gasteiger partial charge is 0.467 e. The first kappa shape index (κ1) is 16.0. The third-order valence-corrected chi connectivity index (χ3v) is 3.60. The summed E-state index contributed by atoms with van der Waals surface area (Å²) in [7, 11) is 1.28. The van der Waals surface area contributed by atoms with Crippen LogP contribution >= 0.6 is 0 Å². The van der Waals surface area contributed by atoms with Gasteiger partial charge in [0.25, 0.3) is 0 Å². The molecule has 0 unspecified atom stereocenters. The number of rotatable bonds is 5. The summed E-state index contributed by atoms with van der Waals surface area (Å²) >= 11 is 0. The summed E-state index contributed by atoms with van der Waals surface area (Å²) in [5.41, 5.74) is 1.30. The van der Waals surface area contributed by atoms with E-state index in [1.54, 1.807) is 18.2 Å². The van der Waals surface area contributed by atoms with Gasteiger partial charge in [-0.3, -0.25) is 4.79 Å². The van der Waals surface area contributed by atoms with Crippen molar-refractivity contribution in [3.63, 3.8) is 0 Å². The van der Waals surface area contributed by atoms with E-state index in [4.69, 9.17) is 14.7 Å². The van der Waals surface area contributed by atoms with Gasteiger partial charge in [0.05, 0.1) is 31.3 Å². The lowest BCUT2D eigenvalue weighted by Gasteiger charge is -2.18. The minimum atomic E-state index is -0.771. The van der Waals surface area contributed by atoms with E-state index >= 15 is 0 Å². The van der Waals surface area contributed by atoms with E-state index in [-0.39, 0.29) is 18.2 Å². The molecule has 1 aliphatic heterocycles. The monoisotopic (exact) mass is 302 g/mol. The fraction of sp³-hybridized carbons (Fsp3) is 0.438. The molecule has 1 saturated heterocycles. The van der Waals surface area contributed by atoms with Gasteiger partial charge in [0.2, 0.25) is 5.91 Å². The molecule has 0 radical (unpaired) electrons. The highest BCUT2D eigenvalue weighted by atomic mass is 16.5. The maximum Gasteiger partial charge on any atom is 0.328 e. The molecule has 0 aliphatic carbocycles. The second kappa shape index (κ2) is 7.57. The number of benzene rings is 1. The minimum Gasteiger partial charge on any atom is -0.467 e. The van der Waals surface area contributed by atoms with E-state index < -0.39 is 12.0 Å². The third kappa shape index (κ3) is 4.06. The van der Waals surface area contributed by atoms with Crippen molar-refractivity contribution in [2.75, 3.05) is 20.3 Å². The predicted octanol–water partition coefficient (Wildman–Crippen LogP) is 0.795. The Morgan fingerprint density at radius 2 is 2.36 bits per heavy atom. The molecule has 2 atom stereocenters. The Morgan fingerprint density at radius 1 is 1.55 bits per heavy atom. The molecule has 1 N–H and O–H groups in total. The van der Waals surface area contributed by atoms with E-state index in [0.717, 1.165) is 5.56 Å². The van der Waals surface area contributed by atoms with Crippen LogP contribution in [0.5, 0.6) is 0 Å². The summed E-state index contributed by atoms with van der Waals surface area (Å²) < 4.78 is 9.94. The number of nitriles is 1. The van der Waals surface area contributed by atoms with Gasteiger partial charge in [0.15, 0.2) is 0 Å². The highest BCUT2D eigenvalue weighted by molar-refractivity contribution is 5.86. The Balaban J connectivity index is 2.07. The maximum atomic E-state index is 12.1. The molecule has 6 heteroatoms. The summed E-state index contributed by atoms with van der Waals surface area (Å²) in [6.07, 6.45) is 0.936. The summed E-state index contributed by atoms with van der Waals surface area (Å²) in [6, 6.07) is 8.21. The zero-order chi connectivity index (χ0) is 15.9. The van der Waals surface area contributed by atoms with Crippen molar-refractivity contribution in [2.24, 2.45) is 5.92 Å². The first-order valence-corrected chi connectivity index (χ1v) is 7.09. The summed E-state index contributed by atoms with van der Waals surface area (Å²) in [5, 5.41) is 11.6. The maximum absolute atomic E-state index is 12.1. The zero-order valence-corrected chi connectivity index (χ0v) is 12.4. The van der Waals surface area contributed by atoms with Crippen LogP contribution in [0.4, 0.5) is 0 Å². The quantitative estimate of drug-likeness (QED) is 0.813. The minimum absolute atomic E-state index is 0.204. The smallest absolute Gasteiger partial charge is 0.328 e. The molecule has 1 aromatic carbocycles. The Bertz CT molecular complexity index is 588. The van der Waals surface area contributed by atoms with Crippen molar-refractivity contribution in [3.05, 3.63) is 35.4 Å². The van der Waals surface area contributed by atoms with Gasteiger partial charge in [-0.2, -0.15) is 5.26 Å². The molecule has 0 spiro atoms. The van der Waals surface area contributed by atoms with Crippen LogP contribution in [0.15, 0.2) is 24.3 Å². The van der Waals surface area contributed by atoms with Gasteiger partial charge in [-0.1, -0.05) is 12.1 Å². The molecule has 1 fully saturated rings. The average molecular weight is 302 g/mol. The van der Waals surface area contributed by atoms with Gasteiger partial charge in [0.1, 0.15) is 6.04 Å². The second-order valence-corrected chi connectivity index (χ2v) is 5.16. The number of nitrogens with zero attached hydrogens (tertiary/aromatic N) is 1. The van der Waals surface area contributed by atoms with Gasteiger partial charge in [-0.05, 0) is 24.1 Å². The second-order valence-electron chi connectivity index (χ2n) is 5.16. The summed E-state index contributed by atoms with van der Waals surface area (Å²) in [6.45, 7) is 0.939. The molecule has 1 heterocycles. The van der Waals surface area contributed by atoms with E-state index in [9.17, 15) is 9.59 Å². The van der Waals surface area contributed by atoms with Gasteiger partial charge >= 0.3 is 5.97 Å². The van der Waals surface area contributed by atoms with Crippen molar-refractivity contribution in [1.82, 2.24) is 5.32 Å². The molecular formula is C16H18N2O4. The van der Waals surface area contributed by atoms with Gasteiger partial charge in [0, 0.05) is 13.0 Å². The predicted molar refractivity (Wildman–Crippen MR) is 77.7 cm³/mol. The number of nitrogens with one attached hydrogen (secondary N) is 1. The van der Waals surface area contributed by atoms with Crippen molar-refractivity contribution >= 4 is 11.9 Å². The van der Waals surface area contributed by atoms with E-state index in [1.165, 1.54) is 7.11 Å². The lowest BCUT2D eigenvalue weighted by molar-refractivity contribution is -0.145. The van der Waals surface area contributed by atoms with Crippen molar-refractivity contribution in [2.45, 2.75) is 18.9 Å². The lowest BCUT2D eigenvalue weighted by atomic mass is 10.0. The Kier molecular flexibility index (Phi) is 5.50. The number of amides is 1. The fourth-order valence-corrected chi connectivity index (χ4v) is 2.37. The lowest BCUT2D eigenvalue weighted by Crippen LogP contribution is -2.45. The van der Waals surface area contributed by atoms with Gasteiger partial charge < -0.3 is 14.8 Å². The van der Waals surface area contributed by atoms with Crippen molar-refractivity contribution < 1.29 is 19.1 Å². The van der Waals surface area contributed by atoms with Crippen LogP contribution in [0.3, 0.4) is 0 Å². The topological polar surface area (TPSA) is 88.4 Å². The molecule has 0 aromatic heterocycles. The Hall–Kier alpha value is -2.39. The molecular weight excluding hydrogens is 284 g/mol. The standard InChI is InChI=1S/C16H18N2O4/c1-21-16(20)14(18-15(19)13-5-6-22-10-13)8-11-3-2-4-12(7-11)9-17/h2-4,7,13-14H,5-6,8,10H2,1H3,(H,18,19)/t13-,14+/m1/s1. The number of carbonyl (C=O) groups excluding carboxylic acids is 2. The van der Waals surface area contributed by atoms with Crippen LogP contribution in [0.2, 0.25) is 0 Å². The summed E-state index contributed by atoms with van der Waals surface area (Å²) in [5.74, 6) is -0.934. The molecule has 0 bridgehead atoms. The molecule has 1 aromatic rings. The highest BCUT2D eigenvalue weighted by Gasteiger charge is 2.28. The molecule has 1 aliphatic rings. The van der Waals surface area contributed by atoms with E-state index in [1.807, 2.05) is 12.1 Å². The molecule has 1 amide bonds. The number of hydrogen-bond acceptors (Lipinski definition) is 5. The highest BCUT2D eigenvalue weighted by Crippen LogP contribution is 2.14. The molecule has 116 valence electrons. The van der Waals surface area contributed by atoms with Crippen LogP contribution in [0.1, 0.15) is 17.5 Å². The normalized spacial score (nSPS) is 18.3. The van der Waals surface area contributed by atoms with Crippen LogP contribution in [0, 0.1) is 17.2 Å². The van der Waals surface area contributed by atoms with Crippen LogP contribution in [0.25, 0.3) is 0 Å². The van der Waals surface area contributed by atoms with Gasteiger partial charge in [-0.25, -0.2) is 4.79 Å². The van der Waals surface area contributed by atoms with Gasteiger partial charge in [-0.15, -0.1) is 0 Å². The molecule has 0 saturated carbocycles. The van der Waals surface area contributed by atoms with Crippen LogP contribution in [-0.4, -0.2) is 38.2 Å². The van der Waals surface area contributed by atoms with Crippen LogP contribution in [-0.2, 0) is 25.5 Å². The zero-order valence-electron chi connectivity index (χ0n) is 12.4. The molecule has 22 heavy (non-hydrogen) atoms. The average Bonchev–Trinajstić information content (AvgIpc) is 3.08. The Labute approximate surface area is 129 Å². The first-order chi connectivity index (χ1) is 10.6.